The molecule has 0 spiro atoms. The molecule has 0 bridgehead atoms. The number of fused-ring (bicyclic) bond motifs is 10. The van der Waals surface area contributed by atoms with Gasteiger partial charge in [-0.25, -0.2) is 4.98 Å². The van der Waals surface area contributed by atoms with Crippen molar-refractivity contribution in [3.63, 3.8) is 0 Å². The minimum absolute atomic E-state index is 0.940. The second-order valence-electron chi connectivity index (χ2n) is 16.0. The lowest BCUT2D eigenvalue weighted by molar-refractivity contribution is 1.16. The summed E-state index contributed by atoms with van der Waals surface area (Å²) in [6.45, 7) is 2.14. The predicted octanol–water partition coefficient (Wildman–Crippen LogP) is 15.8. The second kappa shape index (κ2) is 13.7. The summed E-state index contributed by atoms with van der Waals surface area (Å²) in [5.74, 6) is 0. The van der Waals surface area contributed by atoms with Crippen LogP contribution < -0.4 is 0 Å². The molecule has 0 aliphatic rings. The van der Waals surface area contributed by atoms with Crippen LogP contribution in [0.3, 0.4) is 0 Å². The van der Waals surface area contributed by atoms with Gasteiger partial charge in [0.1, 0.15) is 0 Å². The largest absolute Gasteiger partial charge is 0.309 e. The zero-order valence-corrected chi connectivity index (χ0v) is 33.1. The summed E-state index contributed by atoms with van der Waals surface area (Å²) in [4.78, 5) is 5.27. The van der Waals surface area contributed by atoms with E-state index in [1.165, 1.54) is 81.7 Å². The van der Waals surface area contributed by atoms with Crippen molar-refractivity contribution in [1.82, 2.24) is 9.55 Å². The van der Waals surface area contributed by atoms with Crippen molar-refractivity contribution in [3.05, 3.63) is 218 Å². The topological polar surface area (TPSA) is 17.8 Å². The average Bonchev–Trinajstić information content (AvgIpc) is 3.64. The Morgan fingerprint density at radius 2 is 0.800 bits per heavy atom. The number of rotatable bonds is 5. The molecule has 0 atom stereocenters. The predicted molar refractivity (Wildman–Crippen MR) is 255 cm³/mol. The summed E-state index contributed by atoms with van der Waals surface area (Å²) in [5.41, 5.74) is 13.6. The molecule has 60 heavy (non-hydrogen) atoms. The molecule has 0 fully saturated rings. The highest BCUT2D eigenvalue weighted by atomic mass is 15.0. The van der Waals surface area contributed by atoms with E-state index in [9.17, 15) is 0 Å². The van der Waals surface area contributed by atoms with Gasteiger partial charge in [0.05, 0.1) is 28.1 Å². The molecular weight excluding hydrogens is 725 g/mol. The van der Waals surface area contributed by atoms with E-state index < -0.39 is 0 Å². The molecular formula is C58H38N2. The van der Waals surface area contributed by atoms with Crippen molar-refractivity contribution in [3.8, 4) is 50.5 Å². The number of benzene rings is 10. The fraction of sp³-hybridized carbons (Fsp3) is 0.0172. The number of pyridine rings is 1. The van der Waals surface area contributed by atoms with Crippen molar-refractivity contribution >= 4 is 64.9 Å². The van der Waals surface area contributed by atoms with Gasteiger partial charge in [-0.1, -0.05) is 169 Å². The lowest BCUT2D eigenvalue weighted by atomic mass is 9.91. The number of hydrogen-bond acceptors (Lipinski definition) is 1. The highest BCUT2D eigenvalue weighted by Gasteiger charge is 2.19. The maximum absolute atomic E-state index is 5.27. The number of hydrogen-bond donors (Lipinski definition) is 0. The highest BCUT2D eigenvalue weighted by molar-refractivity contribution is 6.29. The number of aryl methyl sites for hydroxylation is 1. The number of nitrogens with zero attached hydrogens (tertiary/aromatic N) is 2. The van der Waals surface area contributed by atoms with Crippen LogP contribution in [-0.2, 0) is 0 Å². The molecule has 2 nitrogen and oxygen atoms in total. The van der Waals surface area contributed by atoms with E-state index >= 15 is 0 Å². The summed E-state index contributed by atoms with van der Waals surface area (Å²) in [7, 11) is 0. The smallest absolute Gasteiger partial charge is 0.0730 e. The molecule has 280 valence electrons. The molecule has 0 aliphatic carbocycles. The van der Waals surface area contributed by atoms with Gasteiger partial charge in [-0.05, 0) is 121 Å². The molecule has 0 saturated carbocycles. The van der Waals surface area contributed by atoms with Crippen molar-refractivity contribution in [1.29, 1.82) is 0 Å². The van der Waals surface area contributed by atoms with Crippen molar-refractivity contribution in [2.75, 3.05) is 0 Å². The maximum Gasteiger partial charge on any atom is 0.0730 e. The number of aromatic nitrogens is 2. The third kappa shape index (κ3) is 5.61. The van der Waals surface area contributed by atoms with Crippen LogP contribution in [0.15, 0.2) is 212 Å². The lowest BCUT2D eigenvalue weighted by Gasteiger charge is -2.15. The molecule has 12 rings (SSSR count). The Bertz CT molecular complexity index is 3580. The molecule has 2 heteroatoms. The fourth-order valence-electron chi connectivity index (χ4n) is 9.38. The molecule has 0 radical (unpaired) electrons. The molecule has 0 aliphatic heterocycles. The Kier molecular flexibility index (Phi) is 7.79. The van der Waals surface area contributed by atoms with Gasteiger partial charge in [0.2, 0.25) is 0 Å². The van der Waals surface area contributed by atoms with E-state index in [4.69, 9.17) is 4.98 Å². The Morgan fingerprint density at radius 3 is 1.52 bits per heavy atom. The van der Waals surface area contributed by atoms with Crippen LogP contribution in [0.25, 0.3) is 115 Å². The minimum Gasteiger partial charge on any atom is -0.309 e. The quantitative estimate of drug-likeness (QED) is 0.160. The van der Waals surface area contributed by atoms with Crippen molar-refractivity contribution < 1.29 is 0 Å². The Balaban J connectivity index is 1.18. The van der Waals surface area contributed by atoms with E-state index in [2.05, 4.69) is 224 Å². The molecule has 0 N–H and O–H groups in total. The first-order valence-electron chi connectivity index (χ1n) is 20.7. The van der Waals surface area contributed by atoms with Gasteiger partial charge < -0.3 is 4.57 Å². The Hall–Kier alpha value is -7.81. The van der Waals surface area contributed by atoms with E-state index in [0.29, 0.717) is 0 Å². The van der Waals surface area contributed by atoms with E-state index in [1.807, 2.05) is 0 Å². The van der Waals surface area contributed by atoms with E-state index in [0.717, 1.165) is 39.2 Å². The van der Waals surface area contributed by atoms with Crippen LogP contribution in [0.4, 0.5) is 0 Å². The molecule has 2 heterocycles. The SMILES string of the molecule is Cc1ccc(-c2ccc3c(c2)c2ccccc2c2cc4c5cc(-c6ccc7ccccc7c6)ccc5n(-c5cc(-c6ccccc6)nc(-c6ccccc6)c5)c4cc32)cc1. The zero-order chi connectivity index (χ0) is 39.7. The van der Waals surface area contributed by atoms with Crippen molar-refractivity contribution in [2.24, 2.45) is 0 Å². The molecule has 12 aromatic rings. The highest BCUT2D eigenvalue weighted by Crippen LogP contribution is 2.43. The van der Waals surface area contributed by atoms with E-state index in [1.54, 1.807) is 0 Å². The third-order valence-electron chi connectivity index (χ3n) is 12.4. The van der Waals surface area contributed by atoms with Crippen LogP contribution in [-0.4, -0.2) is 9.55 Å². The Labute approximate surface area is 348 Å². The molecule has 0 saturated heterocycles. The van der Waals surface area contributed by atoms with Gasteiger partial charge in [0.15, 0.2) is 0 Å². The van der Waals surface area contributed by atoms with Gasteiger partial charge in [0.25, 0.3) is 0 Å². The first-order chi connectivity index (χ1) is 29.6. The molecule has 0 unspecified atom stereocenters. The van der Waals surface area contributed by atoms with Gasteiger partial charge in [-0.15, -0.1) is 0 Å². The lowest BCUT2D eigenvalue weighted by Crippen LogP contribution is -1.98. The third-order valence-corrected chi connectivity index (χ3v) is 12.4. The summed E-state index contributed by atoms with van der Waals surface area (Å²) in [6.07, 6.45) is 0. The first-order valence-corrected chi connectivity index (χ1v) is 20.7. The summed E-state index contributed by atoms with van der Waals surface area (Å²) >= 11 is 0. The van der Waals surface area contributed by atoms with Crippen LogP contribution in [0.5, 0.6) is 0 Å². The minimum atomic E-state index is 0.940. The second-order valence-corrected chi connectivity index (χ2v) is 16.0. The van der Waals surface area contributed by atoms with Gasteiger partial charge in [-0.2, -0.15) is 0 Å². The average molecular weight is 763 g/mol. The van der Waals surface area contributed by atoms with Gasteiger partial charge in [0, 0.05) is 21.9 Å². The molecule has 2 aromatic heterocycles. The van der Waals surface area contributed by atoms with Crippen LogP contribution >= 0.6 is 0 Å². The summed E-state index contributed by atoms with van der Waals surface area (Å²) in [6, 6.07) is 77.7. The van der Waals surface area contributed by atoms with E-state index in [-0.39, 0.29) is 0 Å². The van der Waals surface area contributed by atoms with Crippen molar-refractivity contribution in [2.45, 2.75) is 6.92 Å². The first kappa shape index (κ1) is 34.3. The monoisotopic (exact) mass is 762 g/mol. The summed E-state index contributed by atoms with van der Waals surface area (Å²) in [5, 5.41) is 12.5. The van der Waals surface area contributed by atoms with Crippen LogP contribution in [0, 0.1) is 6.92 Å². The normalized spacial score (nSPS) is 11.8. The van der Waals surface area contributed by atoms with Crippen LogP contribution in [0.1, 0.15) is 5.56 Å². The maximum atomic E-state index is 5.27. The standard InChI is InChI=1S/C58H38N2/c1-37-20-22-39(23-21-37)44-26-28-49-50(31-44)47-18-10-11-19-48(47)51-35-54-53-32-45(43-25-24-38-12-8-9-17-42(38)30-43)27-29-57(53)60(58(54)36-52(49)51)46-33-55(40-13-4-2-5-14-40)59-56(34-46)41-15-6-3-7-16-41/h2-36H,1H3. The van der Waals surface area contributed by atoms with Crippen LogP contribution in [0.2, 0.25) is 0 Å². The van der Waals surface area contributed by atoms with Gasteiger partial charge >= 0.3 is 0 Å². The summed E-state index contributed by atoms with van der Waals surface area (Å²) < 4.78 is 2.47. The molecule has 0 amide bonds. The Morgan fingerprint density at radius 1 is 0.300 bits per heavy atom. The zero-order valence-electron chi connectivity index (χ0n) is 33.1. The molecule has 10 aromatic carbocycles. The fourth-order valence-corrected chi connectivity index (χ4v) is 9.38. The van der Waals surface area contributed by atoms with Gasteiger partial charge in [-0.3, -0.25) is 0 Å².